The fourth-order valence-corrected chi connectivity index (χ4v) is 3.86. The maximum absolute atomic E-state index is 12.3. The Balaban J connectivity index is 3.25. The minimum absolute atomic E-state index is 0.000585. The summed E-state index contributed by atoms with van der Waals surface area (Å²) in [5.74, 6) is -1.55. The van der Waals surface area contributed by atoms with Gasteiger partial charge in [-0.2, -0.15) is 0 Å². The van der Waals surface area contributed by atoms with Crippen LogP contribution < -0.4 is 4.72 Å². The van der Waals surface area contributed by atoms with Gasteiger partial charge in [-0.25, -0.2) is 17.9 Å². The number of nitrogens with one attached hydrogen (secondary N) is 1. The second-order valence-electron chi connectivity index (χ2n) is 4.85. The van der Waals surface area contributed by atoms with Gasteiger partial charge >= 0.3 is 5.97 Å². The molecule has 0 heterocycles. The Labute approximate surface area is 132 Å². The third-order valence-corrected chi connectivity index (χ3v) is 5.49. The molecule has 6 nitrogen and oxygen atoms in total. The fourth-order valence-electron chi connectivity index (χ4n) is 1.52. The highest BCUT2D eigenvalue weighted by Gasteiger charge is 2.33. The van der Waals surface area contributed by atoms with Gasteiger partial charge in [-0.05, 0) is 38.0 Å². The van der Waals surface area contributed by atoms with Crippen molar-refractivity contribution >= 4 is 39.2 Å². The van der Waals surface area contributed by atoms with Gasteiger partial charge in [-0.3, -0.25) is 0 Å². The van der Waals surface area contributed by atoms with E-state index < -0.39 is 28.1 Å². The summed E-state index contributed by atoms with van der Waals surface area (Å²) in [6, 6.07) is 1.53. The first-order valence-corrected chi connectivity index (χ1v) is 8.04. The minimum Gasteiger partial charge on any atom is -0.479 e. The molecule has 9 heteroatoms. The molecule has 0 aliphatic carbocycles. The SMILES string of the molecule is Cc1cc(Cl)c(C)c(S(=O)(=O)NCC(C)(O)C(=O)O)c1Cl. The van der Waals surface area contributed by atoms with Crippen molar-refractivity contribution in [2.45, 2.75) is 31.3 Å². The number of carboxylic acids is 1. The van der Waals surface area contributed by atoms with E-state index >= 15 is 0 Å². The number of aliphatic hydroxyl groups is 1. The number of hydrogen-bond donors (Lipinski definition) is 3. The number of aliphatic carboxylic acids is 1. The van der Waals surface area contributed by atoms with E-state index in [0.717, 1.165) is 6.92 Å². The lowest BCUT2D eigenvalue weighted by atomic mass is 10.1. The fraction of sp³-hybridized carbons (Fsp3) is 0.417. The monoisotopic (exact) mass is 355 g/mol. The predicted molar refractivity (Wildman–Crippen MR) is 79.4 cm³/mol. The van der Waals surface area contributed by atoms with E-state index in [4.69, 9.17) is 28.3 Å². The van der Waals surface area contributed by atoms with Gasteiger partial charge in [0.25, 0.3) is 0 Å². The molecule has 0 aromatic heterocycles. The Morgan fingerprint density at radius 2 is 1.90 bits per heavy atom. The van der Waals surface area contributed by atoms with E-state index in [1.165, 1.54) is 13.0 Å². The van der Waals surface area contributed by atoms with E-state index in [1.54, 1.807) is 6.92 Å². The molecule has 1 unspecified atom stereocenters. The zero-order chi connectivity index (χ0) is 16.6. The number of benzene rings is 1. The second-order valence-corrected chi connectivity index (χ2v) is 7.34. The molecule has 0 fully saturated rings. The molecule has 0 aliphatic rings. The summed E-state index contributed by atoms with van der Waals surface area (Å²) in [6.45, 7) is 3.36. The van der Waals surface area contributed by atoms with Crippen LogP contribution in [0, 0.1) is 13.8 Å². The first-order valence-electron chi connectivity index (χ1n) is 5.81. The molecule has 0 saturated heterocycles. The molecule has 1 atom stereocenters. The lowest BCUT2D eigenvalue weighted by molar-refractivity contribution is -0.155. The highest BCUT2D eigenvalue weighted by atomic mass is 35.5. The number of hydrogen-bond acceptors (Lipinski definition) is 4. The average molecular weight is 356 g/mol. The molecular formula is C12H15Cl2NO5S. The summed E-state index contributed by atoms with van der Waals surface area (Å²) in [6.07, 6.45) is 0. The Morgan fingerprint density at radius 1 is 1.38 bits per heavy atom. The molecule has 0 aliphatic heterocycles. The predicted octanol–water partition coefficient (Wildman–Crippen LogP) is 1.72. The highest BCUT2D eigenvalue weighted by molar-refractivity contribution is 7.89. The van der Waals surface area contributed by atoms with Gasteiger partial charge in [0, 0.05) is 5.02 Å². The van der Waals surface area contributed by atoms with E-state index in [9.17, 15) is 18.3 Å². The van der Waals surface area contributed by atoms with Crippen molar-refractivity contribution in [3.05, 3.63) is 27.2 Å². The van der Waals surface area contributed by atoms with Gasteiger partial charge in [-0.15, -0.1) is 0 Å². The van der Waals surface area contributed by atoms with Crippen molar-refractivity contribution in [3.8, 4) is 0 Å². The van der Waals surface area contributed by atoms with Crippen LogP contribution >= 0.6 is 23.2 Å². The van der Waals surface area contributed by atoms with Gasteiger partial charge < -0.3 is 10.2 Å². The molecule has 1 aromatic carbocycles. The molecule has 1 aromatic rings. The van der Waals surface area contributed by atoms with Crippen molar-refractivity contribution in [1.29, 1.82) is 0 Å². The largest absolute Gasteiger partial charge is 0.479 e. The summed E-state index contributed by atoms with van der Waals surface area (Å²) in [4.78, 5) is 10.6. The lowest BCUT2D eigenvalue weighted by Gasteiger charge is -2.20. The Kier molecular flexibility index (Phi) is 5.28. The van der Waals surface area contributed by atoms with Crippen LogP contribution in [-0.2, 0) is 14.8 Å². The smallest absolute Gasteiger partial charge is 0.336 e. The summed E-state index contributed by atoms with van der Waals surface area (Å²) >= 11 is 12.0. The van der Waals surface area contributed by atoms with E-state index in [-0.39, 0.29) is 20.5 Å². The van der Waals surface area contributed by atoms with Crippen LogP contribution in [0.25, 0.3) is 0 Å². The van der Waals surface area contributed by atoms with E-state index in [2.05, 4.69) is 0 Å². The quantitative estimate of drug-likeness (QED) is 0.745. The van der Waals surface area contributed by atoms with Crippen LogP contribution in [0.4, 0.5) is 0 Å². The van der Waals surface area contributed by atoms with Crippen molar-refractivity contribution in [3.63, 3.8) is 0 Å². The molecule has 3 N–H and O–H groups in total. The van der Waals surface area contributed by atoms with Crippen molar-refractivity contribution < 1.29 is 23.4 Å². The van der Waals surface area contributed by atoms with E-state index in [0.29, 0.717) is 5.56 Å². The van der Waals surface area contributed by atoms with Gasteiger partial charge in [-0.1, -0.05) is 23.2 Å². The summed E-state index contributed by atoms with van der Waals surface area (Å²) in [7, 11) is -4.12. The van der Waals surface area contributed by atoms with Crippen LogP contribution in [0.3, 0.4) is 0 Å². The molecule has 0 bridgehead atoms. The number of halogens is 2. The van der Waals surface area contributed by atoms with Crippen LogP contribution in [0.2, 0.25) is 10.0 Å². The second kappa shape index (κ2) is 6.10. The number of aryl methyl sites for hydroxylation is 1. The van der Waals surface area contributed by atoms with Crippen molar-refractivity contribution in [2.24, 2.45) is 0 Å². The minimum atomic E-state index is -4.12. The maximum Gasteiger partial charge on any atom is 0.336 e. The van der Waals surface area contributed by atoms with Gasteiger partial charge in [0.05, 0.1) is 11.6 Å². The summed E-state index contributed by atoms with van der Waals surface area (Å²) < 4.78 is 26.6. The number of rotatable bonds is 5. The normalized spacial score (nSPS) is 14.8. The summed E-state index contributed by atoms with van der Waals surface area (Å²) in [5.41, 5.74) is -1.52. The van der Waals surface area contributed by atoms with E-state index in [1.807, 2.05) is 4.72 Å². The lowest BCUT2D eigenvalue weighted by Crippen LogP contribution is -2.46. The van der Waals surface area contributed by atoms with Crippen LogP contribution in [-0.4, -0.2) is 36.7 Å². The van der Waals surface area contributed by atoms with Crippen LogP contribution in [0.1, 0.15) is 18.1 Å². The maximum atomic E-state index is 12.3. The zero-order valence-electron chi connectivity index (χ0n) is 11.6. The molecule has 0 radical (unpaired) electrons. The molecule has 0 spiro atoms. The first-order chi connectivity index (χ1) is 9.40. The Morgan fingerprint density at radius 3 is 2.38 bits per heavy atom. The third-order valence-electron chi connectivity index (χ3n) is 2.92. The number of carbonyl (C=O) groups is 1. The van der Waals surface area contributed by atoms with Crippen LogP contribution in [0.15, 0.2) is 11.0 Å². The van der Waals surface area contributed by atoms with Gasteiger partial charge in [0.15, 0.2) is 5.60 Å². The molecule has 0 saturated carbocycles. The molecule has 1 rings (SSSR count). The van der Waals surface area contributed by atoms with Crippen molar-refractivity contribution in [2.75, 3.05) is 6.54 Å². The van der Waals surface area contributed by atoms with Gasteiger partial charge in [0.1, 0.15) is 4.90 Å². The van der Waals surface area contributed by atoms with Gasteiger partial charge in [0.2, 0.25) is 10.0 Å². The first kappa shape index (κ1) is 18.2. The summed E-state index contributed by atoms with van der Waals surface area (Å²) in [5, 5.41) is 18.6. The number of carboxylic acid groups (broad SMARTS) is 1. The third kappa shape index (κ3) is 3.87. The topological polar surface area (TPSA) is 104 Å². The number of sulfonamides is 1. The molecule has 118 valence electrons. The Bertz CT molecular complexity index is 659. The average Bonchev–Trinajstić information content (AvgIpc) is 2.34. The molecule has 21 heavy (non-hydrogen) atoms. The highest BCUT2D eigenvalue weighted by Crippen LogP contribution is 2.33. The van der Waals surface area contributed by atoms with Crippen LogP contribution in [0.5, 0.6) is 0 Å². The zero-order valence-corrected chi connectivity index (χ0v) is 13.9. The standard InChI is InChI=1S/C12H15Cl2NO5S/c1-6-4-8(13)7(2)10(9(6)14)21(19,20)15-5-12(3,18)11(16)17/h4,15,18H,5H2,1-3H3,(H,16,17). The Hall–Kier alpha value is -0.860. The molecule has 0 amide bonds. The molecular weight excluding hydrogens is 341 g/mol. The van der Waals surface area contributed by atoms with Crippen molar-refractivity contribution in [1.82, 2.24) is 4.72 Å².